The zero-order valence-corrected chi connectivity index (χ0v) is 19.6. The summed E-state index contributed by atoms with van der Waals surface area (Å²) in [5.41, 5.74) is 0.575. The van der Waals surface area contributed by atoms with E-state index in [2.05, 4.69) is 0 Å². The first-order chi connectivity index (χ1) is 17.5. The molecule has 0 atom stereocenters. The van der Waals surface area contributed by atoms with E-state index in [0.29, 0.717) is 42.8 Å². The van der Waals surface area contributed by atoms with Gasteiger partial charge in [-0.15, -0.1) is 0 Å². The maximum absolute atomic E-state index is 13.5. The number of nitrogens with zero attached hydrogens (tertiary/aromatic N) is 4. The first-order valence-corrected chi connectivity index (χ1v) is 11.5. The van der Waals surface area contributed by atoms with Gasteiger partial charge in [0.1, 0.15) is 11.4 Å². The fourth-order valence-corrected chi connectivity index (χ4v) is 4.62. The molecule has 1 saturated heterocycles. The van der Waals surface area contributed by atoms with Crippen LogP contribution in [0.15, 0.2) is 76.1 Å². The minimum atomic E-state index is -0.668. The van der Waals surface area contributed by atoms with E-state index in [-0.39, 0.29) is 23.9 Å². The number of methoxy groups -OCH3 is 1. The lowest BCUT2D eigenvalue weighted by atomic mass is 10.1. The van der Waals surface area contributed by atoms with Crippen molar-refractivity contribution in [1.82, 2.24) is 9.47 Å². The molecule has 2 aromatic carbocycles. The lowest BCUT2D eigenvalue weighted by molar-refractivity contribution is -0.385. The molecule has 3 heterocycles. The van der Waals surface area contributed by atoms with Crippen molar-refractivity contribution in [2.24, 2.45) is 0 Å². The van der Waals surface area contributed by atoms with Crippen molar-refractivity contribution in [2.75, 3.05) is 38.2 Å². The molecule has 0 aliphatic carbocycles. The topological polar surface area (TPSA) is 111 Å². The van der Waals surface area contributed by atoms with E-state index in [1.54, 1.807) is 54.5 Å². The maximum Gasteiger partial charge on any atom is 0.357 e. The van der Waals surface area contributed by atoms with E-state index < -0.39 is 16.2 Å². The number of carbonyl (C=O) groups excluding carboxylic acids is 1. The Labute approximate surface area is 206 Å². The van der Waals surface area contributed by atoms with Gasteiger partial charge in [0.05, 0.1) is 30.4 Å². The van der Waals surface area contributed by atoms with Gasteiger partial charge in [0, 0.05) is 31.6 Å². The zero-order chi connectivity index (χ0) is 25.2. The molecule has 10 heteroatoms. The molecule has 0 bridgehead atoms. The van der Waals surface area contributed by atoms with Gasteiger partial charge in [-0.05, 0) is 35.9 Å². The van der Waals surface area contributed by atoms with Crippen LogP contribution in [0.3, 0.4) is 0 Å². The lowest BCUT2D eigenvalue weighted by Crippen LogP contribution is -2.49. The van der Waals surface area contributed by atoms with E-state index in [0.717, 1.165) is 5.56 Å². The molecular formula is C26H24N4O6. The van der Waals surface area contributed by atoms with Crippen LogP contribution >= 0.6 is 0 Å². The maximum atomic E-state index is 13.5. The summed E-state index contributed by atoms with van der Waals surface area (Å²) in [6, 6.07) is 17.7. The number of rotatable bonds is 6. The second-order valence-electron chi connectivity index (χ2n) is 8.47. The number of nitro groups is 1. The summed E-state index contributed by atoms with van der Waals surface area (Å²) >= 11 is 0. The summed E-state index contributed by atoms with van der Waals surface area (Å²) in [6.45, 7) is 1.56. The standard InChI is InChI=1S/C26H24N4O6/c1-35-19-10-8-18(9-11-19)17-29-21-6-3-2-5-20(21)23(24(26(29)32)30(33)34)27-12-14-28(15-13-27)25(31)22-7-4-16-36-22/h2-11,16H,12-15,17H2,1H3. The van der Waals surface area contributed by atoms with Crippen molar-refractivity contribution >= 4 is 28.2 Å². The third-order valence-electron chi connectivity index (χ3n) is 6.42. The Kier molecular flexibility index (Phi) is 6.16. The Balaban J connectivity index is 1.53. The molecule has 0 N–H and O–H groups in total. The summed E-state index contributed by atoms with van der Waals surface area (Å²) in [4.78, 5) is 41.3. The van der Waals surface area contributed by atoms with Crippen LogP contribution in [-0.4, -0.2) is 53.6 Å². The first-order valence-electron chi connectivity index (χ1n) is 11.5. The number of benzene rings is 2. The van der Waals surface area contributed by atoms with E-state index in [9.17, 15) is 19.7 Å². The number of furan rings is 1. The Morgan fingerprint density at radius 2 is 1.75 bits per heavy atom. The van der Waals surface area contributed by atoms with Gasteiger partial charge in [-0.1, -0.05) is 30.3 Å². The molecule has 0 spiro atoms. The number of ether oxygens (including phenoxy) is 1. The van der Waals surface area contributed by atoms with Crippen molar-refractivity contribution in [3.63, 3.8) is 0 Å². The molecule has 2 aromatic heterocycles. The molecule has 0 radical (unpaired) electrons. The predicted octanol–water partition coefficient (Wildman–Crippen LogP) is 3.52. The summed E-state index contributed by atoms with van der Waals surface area (Å²) < 4.78 is 11.9. The van der Waals surface area contributed by atoms with Crippen molar-refractivity contribution in [2.45, 2.75) is 6.54 Å². The average molecular weight is 489 g/mol. The van der Waals surface area contributed by atoms with Crippen molar-refractivity contribution < 1.29 is 18.9 Å². The normalized spacial score (nSPS) is 13.7. The quantitative estimate of drug-likeness (QED) is 0.302. The van der Waals surface area contributed by atoms with E-state index in [4.69, 9.17) is 9.15 Å². The number of anilines is 1. The number of carbonyl (C=O) groups is 1. The van der Waals surface area contributed by atoms with Crippen LogP contribution < -0.4 is 15.2 Å². The Morgan fingerprint density at radius 3 is 2.39 bits per heavy atom. The number of hydrogen-bond donors (Lipinski definition) is 0. The molecular weight excluding hydrogens is 464 g/mol. The highest BCUT2D eigenvalue weighted by atomic mass is 16.6. The van der Waals surface area contributed by atoms with Crippen LogP contribution in [0.25, 0.3) is 10.9 Å². The Bertz CT molecular complexity index is 1470. The van der Waals surface area contributed by atoms with Gasteiger partial charge in [0.15, 0.2) is 5.76 Å². The molecule has 5 rings (SSSR count). The molecule has 10 nitrogen and oxygen atoms in total. The number of amides is 1. The summed E-state index contributed by atoms with van der Waals surface area (Å²) in [5.74, 6) is 0.705. The largest absolute Gasteiger partial charge is 0.497 e. The number of para-hydroxylation sites is 1. The monoisotopic (exact) mass is 488 g/mol. The fourth-order valence-electron chi connectivity index (χ4n) is 4.62. The predicted molar refractivity (Wildman–Crippen MR) is 134 cm³/mol. The fraction of sp³-hybridized carbons (Fsp3) is 0.231. The molecule has 1 fully saturated rings. The molecule has 1 aliphatic heterocycles. The highest BCUT2D eigenvalue weighted by Gasteiger charge is 2.32. The smallest absolute Gasteiger partial charge is 0.357 e. The minimum absolute atomic E-state index is 0.176. The van der Waals surface area contributed by atoms with Crippen LogP contribution in [0.4, 0.5) is 11.4 Å². The second-order valence-corrected chi connectivity index (χ2v) is 8.47. The highest BCUT2D eigenvalue weighted by Crippen LogP contribution is 2.34. The number of hydrogen-bond acceptors (Lipinski definition) is 7. The Hall–Kier alpha value is -4.60. The average Bonchev–Trinajstić information content (AvgIpc) is 3.45. The van der Waals surface area contributed by atoms with Gasteiger partial charge < -0.3 is 19.0 Å². The van der Waals surface area contributed by atoms with E-state index in [1.165, 1.54) is 10.8 Å². The van der Waals surface area contributed by atoms with Gasteiger partial charge in [0.2, 0.25) is 0 Å². The molecule has 36 heavy (non-hydrogen) atoms. The van der Waals surface area contributed by atoms with Crippen molar-refractivity contribution in [1.29, 1.82) is 0 Å². The molecule has 1 amide bonds. The number of fused-ring (bicyclic) bond motifs is 1. The molecule has 184 valence electrons. The third kappa shape index (κ3) is 4.17. The molecule has 4 aromatic rings. The zero-order valence-electron chi connectivity index (χ0n) is 19.6. The minimum Gasteiger partial charge on any atom is -0.497 e. The van der Waals surface area contributed by atoms with Crippen LogP contribution in [0.5, 0.6) is 5.75 Å². The van der Waals surface area contributed by atoms with Gasteiger partial charge in [-0.25, -0.2) is 0 Å². The summed E-state index contributed by atoms with van der Waals surface area (Å²) in [5, 5.41) is 12.8. The van der Waals surface area contributed by atoms with Crippen LogP contribution in [-0.2, 0) is 6.54 Å². The van der Waals surface area contributed by atoms with Crippen LogP contribution in [0, 0.1) is 10.1 Å². The number of pyridine rings is 1. The van der Waals surface area contributed by atoms with Gasteiger partial charge >= 0.3 is 11.2 Å². The van der Waals surface area contributed by atoms with Crippen molar-refractivity contribution in [3.05, 3.63) is 98.7 Å². The summed E-state index contributed by atoms with van der Waals surface area (Å²) in [7, 11) is 1.57. The van der Waals surface area contributed by atoms with Crippen molar-refractivity contribution in [3.8, 4) is 5.75 Å². The van der Waals surface area contributed by atoms with Crippen LogP contribution in [0.2, 0.25) is 0 Å². The summed E-state index contributed by atoms with van der Waals surface area (Å²) in [6.07, 6.45) is 1.44. The molecule has 1 aliphatic rings. The van der Waals surface area contributed by atoms with Crippen LogP contribution in [0.1, 0.15) is 16.1 Å². The van der Waals surface area contributed by atoms with Gasteiger partial charge in [0.25, 0.3) is 5.91 Å². The van der Waals surface area contributed by atoms with Gasteiger partial charge in [-0.3, -0.25) is 24.3 Å². The van der Waals surface area contributed by atoms with E-state index >= 15 is 0 Å². The van der Waals surface area contributed by atoms with Gasteiger partial charge in [-0.2, -0.15) is 0 Å². The SMILES string of the molecule is COc1ccc(Cn2c(=O)c([N+](=O)[O-])c(N3CCN(C(=O)c4ccco4)CC3)c3ccccc32)cc1. The van der Waals surface area contributed by atoms with E-state index in [1.807, 2.05) is 23.1 Å². The number of piperazine rings is 1. The number of aromatic nitrogens is 1. The first kappa shape index (κ1) is 23.2. The molecule has 0 unspecified atom stereocenters. The second kappa shape index (κ2) is 9.57. The third-order valence-corrected chi connectivity index (χ3v) is 6.42. The molecule has 0 saturated carbocycles. The Morgan fingerprint density at radius 1 is 1.03 bits per heavy atom. The highest BCUT2D eigenvalue weighted by molar-refractivity contribution is 5.97. The lowest BCUT2D eigenvalue weighted by Gasteiger charge is -2.36.